The van der Waals surface area contributed by atoms with Crippen molar-refractivity contribution in [2.75, 3.05) is 13.1 Å². The molecule has 6 heteroatoms. The SMILES string of the molecule is FC(F)(F)CNCCc1ccc(Br)s1. The molecule has 1 heterocycles. The first-order valence-corrected chi connectivity index (χ1v) is 5.60. The molecule has 1 aromatic heterocycles. The summed E-state index contributed by atoms with van der Waals surface area (Å²) in [6.07, 6.45) is -3.48. The van der Waals surface area contributed by atoms with Crippen LogP contribution in [0.25, 0.3) is 0 Å². The van der Waals surface area contributed by atoms with Crippen LogP contribution in [-0.4, -0.2) is 19.3 Å². The van der Waals surface area contributed by atoms with Gasteiger partial charge in [-0.15, -0.1) is 11.3 Å². The maximum Gasteiger partial charge on any atom is 0.401 e. The third-order valence-corrected chi connectivity index (χ3v) is 3.19. The molecule has 0 amide bonds. The Morgan fingerprint density at radius 2 is 2.07 bits per heavy atom. The van der Waals surface area contributed by atoms with Crippen LogP contribution in [0.5, 0.6) is 0 Å². The molecular weight excluding hydrogens is 279 g/mol. The van der Waals surface area contributed by atoms with Crippen LogP contribution in [0, 0.1) is 0 Å². The molecule has 1 N–H and O–H groups in total. The molecule has 0 saturated heterocycles. The highest BCUT2D eigenvalue weighted by Gasteiger charge is 2.25. The first-order chi connectivity index (χ1) is 6.47. The van der Waals surface area contributed by atoms with Crippen LogP contribution < -0.4 is 5.32 Å². The Labute approximate surface area is 92.4 Å². The number of hydrogen-bond donors (Lipinski definition) is 1. The average Bonchev–Trinajstić information content (AvgIpc) is 2.44. The second-order valence-electron chi connectivity index (χ2n) is 2.75. The molecule has 1 rings (SSSR count). The minimum atomic E-state index is -4.12. The molecule has 1 aromatic rings. The lowest BCUT2D eigenvalue weighted by Gasteiger charge is -2.06. The van der Waals surface area contributed by atoms with E-state index in [0.29, 0.717) is 13.0 Å². The first-order valence-electron chi connectivity index (χ1n) is 3.99. The molecule has 14 heavy (non-hydrogen) atoms. The van der Waals surface area contributed by atoms with E-state index in [0.717, 1.165) is 8.66 Å². The van der Waals surface area contributed by atoms with E-state index in [9.17, 15) is 13.2 Å². The molecule has 0 atom stereocenters. The predicted molar refractivity (Wildman–Crippen MR) is 54.6 cm³/mol. The molecule has 0 bridgehead atoms. The summed E-state index contributed by atoms with van der Waals surface area (Å²) >= 11 is 4.83. The van der Waals surface area contributed by atoms with E-state index in [-0.39, 0.29) is 0 Å². The van der Waals surface area contributed by atoms with Crippen molar-refractivity contribution in [3.63, 3.8) is 0 Å². The third-order valence-electron chi connectivity index (χ3n) is 1.50. The fourth-order valence-corrected chi connectivity index (χ4v) is 2.41. The minimum absolute atomic E-state index is 0.354. The fraction of sp³-hybridized carbons (Fsp3) is 0.500. The quantitative estimate of drug-likeness (QED) is 0.839. The first kappa shape index (κ1) is 12.0. The van der Waals surface area contributed by atoms with Crippen molar-refractivity contribution < 1.29 is 13.2 Å². The van der Waals surface area contributed by atoms with Gasteiger partial charge < -0.3 is 5.32 Å². The van der Waals surface area contributed by atoms with Gasteiger partial charge in [0.15, 0.2) is 0 Å². The van der Waals surface area contributed by atoms with Crippen LogP contribution in [-0.2, 0) is 6.42 Å². The van der Waals surface area contributed by atoms with Crippen molar-refractivity contribution in [2.24, 2.45) is 0 Å². The summed E-state index contributed by atoms with van der Waals surface area (Å²) in [7, 11) is 0. The molecule has 0 unspecified atom stereocenters. The van der Waals surface area contributed by atoms with E-state index in [1.807, 2.05) is 12.1 Å². The number of nitrogens with one attached hydrogen (secondary N) is 1. The van der Waals surface area contributed by atoms with E-state index in [2.05, 4.69) is 21.2 Å². The van der Waals surface area contributed by atoms with Gasteiger partial charge in [-0.2, -0.15) is 13.2 Å². The zero-order valence-electron chi connectivity index (χ0n) is 7.20. The van der Waals surface area contributed by atoms with Crippen molar-refractivity contribution in [1.29, 1.82) is 0 Å². The van der Waals surface area contributed by atoms with Crippen LogP contribution in [0.2, 0.25) is 0 Å². The van der Waals surface area contributed by atoms with E-state index < -0.39 is 12.7 Å². The molecule has 1 nitrogen and oxygen atoms in total. The normalized spacial score (nSPS) is 12.0. The van der Waals surface area contributed by atoms with Gasteiger partial charge in [0.1, 0.15) is 0 Å². The van der Waals surface area contributed by atoms with E-state index in [1.165, 1.54) is 0 Å². The summed E-state index contributed by atoms with van der Waals surface area (Å²) in [6.45, 7) is -0.563. The Bertz CT molecular complexity index is 284. The summed E-state index contributed by atoms with van der Waals surface area (Å²) in [5.41, 5.74) is 0. The molecule has 80 valence electrons. The summed E-state index contributed by atoms with van der Waals surface area (Å²) in [5, 5.41) is 2.35. The maximum atomic E-state index is 11.7. The lowest BCUT2D eigenvalue weighted by molar-refractivity contribution is -0.124. The van der Waals surface area contributed by atoms with Crippen molar-refractivity contribution in [2.45, 2.75) is 12.6 Å². The lowest BCUT2D eigenvalue weighted by atomic mass is 10.3. The molecule has 0 radical (unpaired) electrons. The van der Waals surface area contributed by atoms with Gasteiger partial charge in [-0.05, 0) is 34.5 Å². The van der Waals surface area contributed by atoms with Crippen molar-refractivity contribution in [3.8, 4) is 0 Å². The molecule has 0 fully saturated rings. The average molecular weight is 288 g/mol. The molecule has 0 saturated carbocycles. The summed E-state index contributed by atoms with van der Waals surface area (Å²) < 4.78 is 36.2. The summed E-state index contributed by atoms with van der Waals surface area (Å²) in [6, 6.07) is 3.80. The molecular formula is C8H9BrF3NS. The van der Waals surface area contributed by atoms with Gasteiger partial charge in [0.25, 0.3) is 0 Å². The van der Waals surface area contributed by atoms with Crippen LogP contribution in [0.4, 0.5) is 13.2 Å². The van der Waals surface area contributed by atoms with Crippen molar-refractivity contribution in [1.82, 2.24) is 5.32 Å². The summed E-state index contributed by atoms with van der Waals surface area (Å²) in [5.74, 6) is 0. The van der Waals surface area contributed by atoms with Crippen molar-refractivity contribution >= 4 is 27.3 Å². The van der Waals surface area contributed by atoms with Crippen LogP contribution >= 0.6 is 27.3 Å². The number of halogens is 4. The third kappa shape index (κ3) is 4.97. The Hall–Kier alpha value is -0.0700. The Morgan fingerprint density at radius 3 is 2.57 bits per heavy atom. The van der Waals surface area contributed by atoms with Gasteiger partial charge >= 0.3 is 6.18 Å². The second kappa shape index (κ2) is 5.14. The number of hydrogen-bond acceptors (Lipinski definition) is 2. The highest BCUT2D eigenvalue weighted by Crippen LogP contribution is 2.22. The smallest absolute Gasteiger partial charge is 0.308 e. The molecule has 0 aliphatic carbocycles. The fourth-order valence-electron chi connectivity index (χ4n) is 0.928. The monoisotopic (exact) mass is 287 g/mol. The molecule has 0 spiro atoms. The standard InChI is InChI=1S/C8H9BrF3NS/c9-7-2-1-6(14-7)3-4-13-5-8(10,11)12/h1-2,13H,3-5H2. The maximum absolute atomic E-state index is 11.7. The number of thiophene rings is 1. The highest BCUT2D eigenvalue weighted by molar-refractivity contribution is 9.11. The van der Waals surface area contributed by atoms with Gasteiger partial charge in [-0.1, -0.05) is 0 Å². The summed E-state index contributed by atoms with van der Waals surface area (Å²) in [4.78, 5) is 1.08. The van der Waals surface area contributed by atoms with Gasteiger partial charge in [-0.25, -0.2) is 0 Å². The lowest BCUT2D eigenvalue weighted by Crippen LogP contribution is -2.30. The Balaban J connectivity index is 2.16. The van der Waals surface area contributed by atoms with Gasteiger partial charge in [-0.3, -0.25) is 0 Å². The van der Waals surface area contributed by atoms with Gasteiger partial charge in [0.05, 0.1) is 10.3 Å². The van der Waals surface area contributed by atoms with E-state index in [1.54, 1.807) is 11.3 Å². The zero-order valence-corrected chi connectivity index (χ0v) is 9.60. The topological polar surface area (TPSA) is 12.0 Å². The van der Waals surface area contributed by atoms with Crippen LogP contribution in [0.1, 0.15) is 4.88 Å². The number of alkyl halides is 3. The minimum Gasteiger partial charge on any atom is -0.308 e. The van der Waals surface area contributed by atoms with Crippen LogP contribution in [0.3, 0.4) is 0 Å². The largest absolute Gasteiger partial charge is 0.401 e. The highest BCUT2D eigenvalue weighted by atomic mass is 79.9. The second-order valence-corrected chi connectivity index (χ2v) is 5.30. The Kier molecular flexibility index (Phi) is 4.40. The van der Waals surface area contributed by atoms with E-state index >= 15 is 0 Å². The van der Waals surface area contributed by atoms with Gasteiger partial charge in [0, 0.05) is 11.4 Å². The molecule has 0 aliphatic rings. The van der Waals surface area contributed by atoms with Gasteiger partial charge in [0.2, 0.25) is 0 Å². The molecule has 0 aromatic carbocycles. The zero-order chi connectivity index (χ0) is 10.6. The Morgan fingerprint density at radius 1 is 1.36 bits per heavy atom. The van der Waals surface area contributed by atoms with Crippen molar-refractivity contribution in [3.05, 3.63) is 20.8 Å². The van der Waals surface area contributed by atoms with Crippen LogP contribution in [0.15, 0.2) is 15.9 Å². The molecule has 0 aliphatic heterocycles. The van der Waals surface area contributed by atoms with E-state index in [4.69, 9.17) is 0 Å². The predicted octanol–water partition coefficient (Wildman–Crippen LogP) is 3.21. The number of rotatable bonds is 4.